The van der Waals surface area contributed by atoms with Crippen LogP contribution in [0.25, 0.3) is 0 Å². The lowest BCUT2D eigenvalue weighted by Crippen LogP contribution is -2.43. The second-order valence-electron chi connectivity index (χ2n) is 18.8. The number of halogens is 1. The van der Waals surface area contributed by atoms with Gasteiger partial charge in [0.05, 0.1) is 18.6 Å². The number of esters is 2. The van der Waals surface area contributed by atoms with Gasteiger partial charge in [0.1, 0.15) is 30.7 Å². The number of fused-ring (bicyclic) bond motifs is 1. The summed E-state index contributed by atoms with van der Waals surface area (Å²) in [6.07, 6.45) is 13.0. The van der Waals surface area contributed by atoms with Crippen LogP contribution in [0.5, 0.6) is 0 Å². The number of carbonyl (C=O) groups excluding carboxylic acids is 3. The van der Waals surface area contributed by atoms with Crippen molar-refractivity contribution in [3.05, 3.63) is 70.3 Å². The number of nitrogen functional groups attached to an aromatic ring is 1. The minimum Gasteiger partial charge on any atom is -0.463 e. The average Bonchev–Trinajstić information content (AvgIpc) is 3.97. The van der Waals surface area contributed by atoms with E-state index in [1.807, 2.05) is 0 Å². The highest BCUT2D eigenvalue weighted by Crippen LogP contribution is 2.59. The van der Waals surface area contributed by atoms with Crippen LogP contribution in [-0.2, 0) is 28.6 Å². The molecular formula is C47H66FN5O10. The predicted molar refractivity (Wildman–Crippen MR) is 233 cm³/mol. The van der Waals surface area contributed by atoms with E-state index in [1.165, 1.54) is 24.3 Å². The van der Waals surface area contributed by atoms with E-state index in [-0.39, 0.29) is 42.6 Å². The molecule has 6 N–H and O–H groups in total. The topological polar surface area (TPSA) is 225 Å². The number of carbonyl (C=O) groups is 3. The number of nitrogens with two attached hydrogens (primary N) is 1. The summed E-state index contributed by atoms with van der Waals surface area (Å²) < 4.78 is 32.9. The third-order valence-electron chi connectivity index (χ3n) is 14.0. The van der Waals surface area contributed by atoms with Gasteiger partial charge in [-0.25, -0.2) is 14.6 Å². The summed E-state index contributed by atoms with van der Waals surface area (Å²) in [4.78, 5) is 53.5. The summed E-state index contributed by atoms with van der Waals surface area (Å²) in [5, 5.41) is 35.1. The van der Waals surface area contributed by atoms with E-state index in [0.29, 0.717) is 60.6 Å². The summed E-state index contributed by atoms with van der Waals surface area (Å²) >= 11 is 0. The van der Waals surface area contributed by atoms with Crippen molar-refractivity contribution in [1.82, 2.24) is 15.0 Å². The van der Waals surface area contributed by atoms with Crippen LogP contribution in [0.3, 0.4) is 0 Å². The summed E-state index contributed by atoms with van der Waals surface area (Å²) in [5.74, 6) is -0.0165. The van der Waals surface area contributed by atoms with Crippen LogP contribution in [0.1, 0.15) is 124 Å². The SMILES string of the molecule is C=C1/C(=C\C=C2/CCC[C@@]3(C)C2CCC3[C@@H](C)/C=C/C(OC(=O)CCC/C(C)=N/NC(=O)CCC(=O)OCC2OC(n3ccc(N)nc3=O)C(C)(F)C2O)C2CC2)C[C@@H](O)C[C@@H]1O. The van der Waals surface area contributed by atoms with E-state index in [4.69, 9.17) is 19.9 Å². The fraction of sp³-hybridized carbons (Fsp3) is 0.660. The molecule has 5 fully saturated rings. The number of aliphatic hydroxyl groups is 3. The van der Waals surface area contributed by atoms with Gasteiger partial charge in [0.15, 0.2) is 11.9 Å². The molecule has 1 aliphatic heterocycles. The highest BCUT2D eigenvalue weighted by atomic mass is 19.1. The molecule has 4 aliphatic carbocycles. The quantitative estimate of drug-likeness (QED) is 0.0570. The van der Waals surface area contributed by atoms with Crippen molar-refractivity contribution in [3.63, 3.8) is 0 Å². The van der Waals surface area contributed by atoms with Crippen molar-refractivity contribution in [2.24, 2.45) is 34.2 Å². The summed E-state index contributed by atoms with van der Waals surface area (Å²) in [6.45, 7) is 11.1. The first-order valence-electron chi connectivity index (χ1n) is 22.5. The number of amides is 1. The molecule has 5 aliphatic rings. The molecule has 0 bridgehead atoms. The van der Waals surface area contributed by atoms with Crippen molar-refractivity contribution < 1.29 is 48.3 Å². The predicted octanol–water partition coefficient (Wildman–Crippen LogP) is 5.45. The van der Waals surface area contributed by atoms with Crippen LogP contribution >= 0.6 is 0 Å². The number of allylic oxidation sites excluding steroid dienone is 4. The van der Waals surface area contributed by atoms with Crippen LogP contribution < -0.4 is 16.8 Å². The number of hydrogen-bond acceptors (Lipinski definition) is 13. The van der Waals surface area contributed by atoms with Crippen LogP contribution in [0.4, 0.5) is 10.2 Å². The van der Waals surface area contributed by atoms with Gasteiger partial charge < -0.3 is 35.3 Å². The van der Waals surface area contributed by atoms with Crippen molar-refractivity contribution in [1.29, 1.82) is 0 Å². The number of aromatic nitrogens is 2. The molecule has 346 valence electrons. The first-order valence-corrected chi connectivity index (χ1v) is 22.5. The molecule has 63 heavy (non-hydrogen) atoms. The summed E-state index contributed by atoms with van der Waals surface area (Å²) in [5.41, 5.74) is 8.49. The first kappa shape index (κ1) is 48.0. The van der Waals surface area contributed by atoms with Gasteiger partial charge in [-0.2, -0.15) is 10.1 Å². The van der Waals surface area contributed by atoms with Crippen LogP contribution in [0, 0.1) is 29.1 Å². The lowest BCUT2D eigenvalue weighted by molar-refractivity contribution is -0.151. The number of aliphatic hydroxyl groups excluding tert-OH is 3. The Morgan fingerprint density at radius 3 is 2.60 bits per heavy atom. The van der Waals surface area contributed by atoms with Crippen LogP contribution in [0.2, 0.25) is 0 Å². The molecule has 0 spiro atoms. The van der Waals surface area contributed by atoms with Gasteiger partial charge >= 0.3 is 17.6 Å². The number of nitrogens with one attached hydrogen (secondary N) is 1. The second kappa shape index (κ2) is 20.5. The zero-order valence-corrected chi connectivity index (χ0v) is 37.0. The van der Waals surface area contributed by atoms with Crippen molar-refractivity contribution in [3.8, 4) is 0 Å². The molecular weight excluding hydrogens is 814 g/mol. The Morgan fingerprint density at radius 1 is 1.11 bits per heavy atom. The Hall–Kier alpha value is -4.51. The minimum atomic E-state index is -2.41. The van der Waals surface area contributed by atoms with Gasteiger partial charge in [-0.05, 0) is 130 Å². The Balaban J connectivity index is 0.895. The highest BCUT2D eigenvalue weighted by Gasteiger charge is 2.56. The van der Waals surface area contributed by atoms with Gasteiger partial charge in [-0.15, -0.1) is 0 Å². The molecule has 2 heterocycles. The Bertz CT molecular complexity index is 2040. The van der Waals surface area contributed by atoms with E-state index in [9.17, 15) is 34.5 Å². The Morgan fingerprint density at radius 2 is 1.87 bits per heavy atom. The van der Waals surface area contributed by atoms with Gasteiger partial charge in [0.2, 0.25) is 5.91 Å². The smallest absolute Gasteiger partial charge is 0.351 e. The maximum absolute atomic E-state index is 15.4. The number of anilines is 1. The number of hydrogen-bond donors (Lipinski definition) is 5. The fourth-order valence-corrected chi connectivity index (χ4v) is 10.1. The summed E-state index contributed by atoms with van der Waals surface area (Å²) in [6, 6.07) is 1.29. The average molecular weight is 880 g/mol. The lowest BCUT2D eigenvalue weighted by Gasteiger charge is -2.44. The van der Waals surface area contributed by atoms with E-state index in [0.717, 1.165) is 55.6 Å². The van der Waals surface area contributed by atoms with Gasteiger partial charge in [0.25, 0.3) is 0 Å². The first-order chi connectivity index (χ1) is 29.9. The number of ether oxygens (including phenoxy) is 3. The third kappa shape index (κ3) is 11.8. The number of hydrazone groups is 1. The summed E-state index contributed by atoms with van der Waals surface area (Å²) in [7, 11) is 0. The standard InChI is InChI=1S/C47H66FN5O10/c1-27(34-16-17-35-30(9-7-22-46(34,35)4)12-15-32-24-33(54)25-36(55)29(32)3)11-18-37(31-13-14-31)62-42(58)10-6-8-28(2)51-52-40(56)19-20-41(57)61-26-38-43(59)47(5,48)44(63-38)53-23-21-39(49)50-45(53)60/h11-12,15,18,21,23,27,31,33-38,43-44,54-55,59H,3,6-10,13-14,16-17,19-20,22,24-26H2,1-2,4-5H3,(H,52,56)(H2,49,50,60)/b18-11+,30-12+,32-15-,51-28+/t27-,33+,34?,35?,36-,37?,38?,43?,44?,46+,47?/m0/s1. The number of rotatable bonds is 17. The van der Waals surface area contributed by atoms with E-state index < -0.39 is 60.5 Å². The molecule has 6 rings (SSSR count). The molecule has 0 aromatic carbocycles. The maximum Gasteiger partial charge on any atom is 0.351 e. The molecule has 1 aromatic rings. The lowest BCUT2D eigenvalue weighted by atomic mass is 9.61. The van der Waals surface area contributed by atoms with Gasteiger partial charge in [0, 0.05) is 31.2 Å². The van der Waals surface area contributed by atoms with E-state index >= 15 is 4.39 Å². The minimum absolute atomic E-state index is 0.0608. The molecule has 7 unspecified atom stereocenters. The van der Waals surface area contributed by atoms with Crippen molar-refractivity contribution in [2.45, 2.75) is 160 Å². The molecule has 15 nitrogen and oxygen atoms in total. The zero-order valence-electron chi connectivity index (χ0n) is 37.0. The van der Waals surface area contributed by atoms with Crippen molar-refractivity contribution >= 4 is 29.4 Å². The monoisotopic (exact) mass is 879 g/mol. The second-order valence-corrected chi connectivity index (χ2v) is 18.8. The molecule has 0 radical (unpaired) electrons. The van der Waals surface area contributed by atoms with E-state index in [1.54, 1.807) is 6.92 Å². The largest absolute Gasteiger partial charge is 0.463 e. The van der Waals surface area contributed by atoms with Crippen LogP contribution in [-0.4, -0.2) is 91.2 Å². The van der Waals surface area contributed by atoms with Gasteiger partial charge in [-0.3, -0.25) is 19.0 Å². The van der Waals surface area contributed by atoms with Crippen LogP contribution in [0.15, 0.2) is 69.8 Å². The number of alkyl halides is 1. The highest BCUT2D eigenvalue weighted by molar-refractivity contribution is 5.85. The molecule has 11 atom stereocenters. The van der Waals surface area contributed by atoms with Crippen molar-refractivity contribution in [2.75, 3.05) is 12.3 Å². The molecule has 1 amide bonds. The molecule has 1 saturated heterocycles. The zero-order chi connectivity index (χ0) is 45.6. The van der Waals surface area contributed by atoms with E-state index in [2.05, 4.69) is 60.2 Å². The maximum atomic E-state index is 15.4. The van der Waals surface area contributed by atoms with Gasteiger partial charge in [-0.1, -0.05) is 44.2 Å². The normalized spacial score (nSPS) is 33.4. The fourth-order valence-electron chi connectivity index (χ4n) is 10.1. The third-order valence-corrected chi connectivity index (χ3v) is 14.0. The number of nitrogens with zero attached hydrogens (tertiary/aromatic N) is 3. The molecule has 1 aromatic heterocycles. The Labute approximate surface area is 368 Å². The Kier molecular flexibility index (Phi) is 15.6. The molecule has 16 heteroatoms. The molecule has 4 saturated carbocycles.